The second-order valence-corrected chi connectivity index (χ2v) is 16.1. The highest BCUT2D eigenvalue weighted by Gasteiger charge is 2.29. The summed E-state index contributed by atoms with van der Waals surface area (Å²) in [7, 11) is -14.1. The summed E-state index contributed by atoms with van der Waals surface area (Å²) in [4.78, 5) is 4.99. The Hall–Kier alpha value is -0.310. The van der Waals surface area contributed by atoms with E-state index in [1.807, 2.05) is 0 Å². The molecule has 0 bridgehead atoms. The van der Waals surface area contributed by atoms with Gasteiger partial charge in [0.25, 0.3) is 20.2 Å². The molecule has 39 heavy (non-hydrogen) atoms. The molecule has 2 aliphatic rings. The maximum absolute atomic E-state index is 12.0. The second kappa shape index (κ2) is 19.0. The van der Waals surface area contributed by atoms with Crippen LogP contribution in [0.3, 0.4) is 0 Å². The van der Waals surface area contributed by atoms with Crippen molar-refractivity contribution in [3.05, 3.63) is 0 Å². The minimum atomic E-state index is -5.21. The van der Waals surface area contributed by atoms with Gasteiger partial charge in [0.15, 0.2) is 0 Å². The lowest BCUT2D eigenvalue weighted by atomic mass is 10.1. The number of hydrogen-bond acceptors (Lipinski definition) is 10. The summed E-state index contributed by atoms with van der Waals surface area (Å²) in [5, 5.41) is 0. The van der Waals surface area contributed by atoms with E-state index in [4.69, 9.17) is 0 Å². The summed E-state index contributed by atoms with van der Waals surface area (Å²) >= 11 is 0. The van der Waals surface area contributed by atoms with Gasteiger partial charge in [0.1, 0.15) is 0 Å². The SMILES string of the molecule is O=S(=O)(CCCCCCCCN1CCCCC1)OS(=O)(=O)OS(=O)(=O)CCCCCCCCN1CCCCC1. The number of nitrogens with zero attached hydrogens (tertiary/aromatic N) is 2. The van der Waals surface area contributed by atoms with Gasteiger partial charge >= 0.3 is 10.4 Å². The number of likely N-dealkylation sites (tertiary alicyclic amines) is 2. The quantitative estimate of drug-likeness (QED) is 0.160. The molecule has 2 aliphatic heterocycles. The van der Waals surface area contributed by atoms with Crippen LogP contribution in [0.15, 0.2) is 0 Å². The van der Waals surface area contributed by atoms with Crippen LogP contribution in [0.1, 0.15) is 116 Å². The molecule has 2 heterocycles. The van der Waals surface area contributed by atoms with E-state index in [-0.39, 0.29) is 12.8 Å². The van der Waals surface area contributed by atoms with Crippen molar-refractivity contribution in [1.82, 2.24) is 9.80 Å². The van der Waals surface area contributed by atoms with E-state index in [1.165, 1.54) is 64.7 Å². The lowest BCUT2D eigenvalue weighted by Gasteiger charge is -2.26. The molecule has 0 amide bonds. The average molecular weight is 617 g/mol. The topological polar surface area (TPSA) is 127 Å². The van der Waals surface area contributed by atoms with Gasteiger partial charge in [-0.15, -0.1) is 7.26 Å². The van der Waals surface area contributed by atoms with Crippen LogP contribution in [-0.4, -0.2) is 85.8 Å². The molecule has 2 fully saturated rings. The van der Waals surface area contributed by atoms with Crippen LogP contribution in [0.25, 0.3) is 0 Å². The van der Waals surface area contributed by atoms with Gasteiger partial charge in [0, 0.05) is 0 Å². The highest BCUT2D eigenvalue weighted by molar-refractivity contribution is 8.03. The van der Waals surface area contributed by atoms with E-state index in [2.05, 4.69) is 17.1 Å². The summed E-state index contributed by atoms with van der Waals surface area (Å²) in [6.45, 7) is 6.97. The Morgan fingerprint density at radius 1 is 0.410 bits per heavy atom. The summed E-state index contributed by atoms with van der Waals surface area (Å²) in [6, 6.07) is 0. The average Bonchev–Trinajstić information content (AvgIpc) is 2.87. The van der Waals surface area contributed by atoms with Crippen LogP contribution >= 0.6 is 0 Å². The molecule has 2 rings (SSSR count). The van der Waals surface area contributed by atoms with Gasteiger partial charge in [-0.1, -0.05) is 64.2 Å². The van der Waals surface area contributed by atoms with Gasteiger partial charge in [-0.2, -0.15) is 25.3 Å². The van der Waals surface area contributed by atoms with Crippen LogP contribution < -0.4 is 0 Å². The van der Waals surface area contributed by atoms with Crippen LogP contribution in [-0.2, 0) is 37.9 Å². The summed E-state index contributed by atoms with van der Waals surface area (Å²) in [5.74, 6) is -0.998. The minimum absolute atomic E-state index is 0.245. The third-order valence-corrected chi connectivity index (χ3v) is 12.1. The normalized spacial score (nSPS) is 18.5. The van der Waals surface area contributed by atoms with Crippen molar-refractivity contribution in [3.63, 3.8) is 0 Å². The molecule has 2 saturated heterocycles. The summed E-state index contributed by atoms with van der Waals surface area (Å²) in [5.41, 5.74) is 0. The molecule has 0 atom stereocenters. The number of piperidine rings is 2. The molecule has 0 aromatic rings. The monoisotopic (exact) mass is 616 g/mol. The van der Waals surface area contributed by atoms with E-state index >= 15 is 0 Å². The van der Waals surface area contributed by atoms with E-state index in [0.29, 0.717) is 12.8 Å². The number of hydrogen-bond donors (Lipinski definition) is 0. The highest BCUT2D eigenvalue weighted by atomic mass is 32.3. The molecular weight excluding hydrogens is 564 g/mol. The Balaban J connectivity index is 1.49. The molecule has 13 heteroatoms. The molecule has 0 unspecified atom stereocenters. The molecular formula is C26H52N2O8S3. The molecule has 10 nitrogen and oxygen atoms in total. The Kier molecular flexibility index (Phi) is 17.0. The van der Waals surface area contributed by atoms with Crippen molar-refractivity contribution in [2.75, 3.05) is 50.8 Å². The van der Waals surface area contributed by atoms with E-state index in [9.17, 15) is 25.3 Å². The predicted molar refractivity (Wildman–Crippen MR) is 155 cm³/mol. The Morgan fingerprint density at radius 2 is 0.718 bits per heavy atom. The Labute approximate surface area is 238 Å². The van der Waals surface area contributed by atoms with Gasteiger partial charge in [-0.25, -0.2) is 0 Å². The molecule has 0 N–H and O–H groups in total. The van der Waals surface area contributed by atoms with Crippen LogP contribution in [0.4, 0.5) is 0 Å². The largest absolute Gasteiger partial charge is 0.429 e. The standard InChI is InChI=1S/C26H52N2O8S3/c29-37(30,25-17-7-3-1-5-11-19-27-21-13-9-14-22-27)35-39(33,34)36-38(31,32)26-18-8-4-2-6-12-20-28-23-15-10-16-24-28/h1-26H2. The molecule has 0 spiro atoms. The Morgan fingerprint density at radius 3 is 1.08 bits per heavy atom. The molecule has 0 aromatic carbocycles. The maximum Gasteiger partial charge on any atom is 0.429 e. The first kappa shape index (κ1) is 34.9. The van der Waals surface area contributed by atoms with Crippen molar-refractivity contribution in [2.24, 2.45) is 0 Å². The first-order valence-corrected chi connectivity index (χ1v) is 19.6. The minimum Gasteiger partial charge on any atom is -0.303 e. The van der Waals surface area contributed by atoms with Crippen molar-refractivity contribution in [2.45, 2.75) is 116 Å². The van der Waals surface area contributed by atoms with Crippen LogP contribution in [0, 0.1) is 0 Å². The molecule has 0 aliphatic carbocycles. The van der Waals surface area contributed by atoms with Gasteiger partial charge in [0.2, 0.25) is 0 Å². The van der Waals surface area contributed by atoms with Crippen molar-refractivity contribution in [3.8, 4) is 0 Å². The van der Waals surface area contributed by atoms with Crippen LogP contribution in [0.2, 0.25) is 0 Å². The van der Waals surface area contributed by atoms with Crippen LogP contribution in [0.5, 0.6) is 0 Å². The fourth-order valence-electron chi connectivity index (χ4n) is 5.34. The first-order valence-electron chi connectivity index (χ1n) is 15.1. The third-order valence-electron chi connectivity index (χ3n) is 7.51. The molecule has 232 valence electrons. The molecule has 0 radical (unpaired) electrons. The molecule has 0 saturated carbocycles. The first-order chi connectivity index (χ1) is 18.6. The van der Waals surface area contributed by atoms with E-state index < -0.39 is 42.1 Å². The van der Waals surface area contributed by atoms with Gasteiger partial charge in [-0.3, -0.25) is 0 Å². The van der Waals surface area contributed by atoms with E-state index in [1.54, 1.807) is 0 Å². The summed E-state index contributed by atoms with van der Waals surface area (Å²) < 4.78 is 80.3. The van der Waals surface area contributed by atoms with Crippen molar-refractivity contribution >= 4 is 30.6 Å². The third kappa shape index (κ3) is 18.0. The zero-order chi connectivity index (χ0) is 28.5. The Bertz CT molecular complexity index is 887. The van der Waals surface area contributed by atoms with Gasteiger partial charge in [-0.05, 0) is 90.6 Å². The lowest BCUT2D eigenvalue weighted by Crippen LogP contribution is -2.30. The zero-order valence-corrected chi connectivity index (χ0v) is 26.2. The molecule has 0 aromatic heterocycles. The highest BCUT2D eigenvalue weighted by Crippen LogP contribution is 2.15. The number of rotatable bonds is 22. The van der Waals surface area contributed by atoms with Crippen molar-refractivity contribution < 1.29 is 32.5 Å². The van der Waals surface area contributed by atoms with Gasteiger partial charge in [0.05, 0.1) is 11.5 Å². The fourth-order valence-corrected chi connectivity index (χ4v) is 9.33. The lowest BCUT2D eigenvalue weighted by molar-refractivity contribution is 0.224. The number of unbranched alkanes of at least 4 members (excludes halogenated alkanes) is 10. The maximum atomic E-state index is 12.0. The zero-order valence-electron chi connectivity index (χ0n) is 23.8. The van der Waals surface area contributed by atoms with Crippen molar-refractivity contribution in [1.29, 1.82) is 0 Å². The smallest absolute Gasteiger partial charge is 0.303 e. The second-order valence-electron chi connectivity index (χ2n) is 11.1. The predicted octanol–water partition coefficient (Wildman–Crippen LogP) is 4.58. The van der Waals surface area contributed by atoms with Gasteiger partial charge < -0.3 is 9.80 Å². The summed E-state index contributed by atoms with van der Waals surface area (Å²) in [6.07, 6.45) is 17.6. The van der Waals surface area contributed by atoms with E-state index in [0.717, 1.165) is 64.5 Å². The fraction of sp³-hybridized carbons (Fsp3) is 1.00.